The van der Waals surface area contributed by atoms with E-state index in [2.05, 4.69) is 58.4 Å². The maximum absolute atomic E-state index is 4.28. The van der Waals surface area contributed by atoms with Crippen molar-refractivity contribution >= 4 is 16.9 Å². The second kappa shape index (κ2) is 5.19. The van der Waals surface area contributed by atoms with Crippen LogP contribution in [0.5, 0.6) is 0 Å². The number of nitrogens with zero attached hydrogens (tertiary/aromatic N) is 2. The van der Waals surface area contributed by atoms with E-state index < -0.39 is 0 Å². The van der Waals surface area contributed by atoms with E-state index in [1.165, 1.54) is 35.0 Å². The number of aryl methyl sites for hydroxylation is 2. The van der Waals surface area contributed by atoms with Crippen LogP contribution < -0.4 is 10.6 Å². The van der Waals surface area contributed by atoms with Crippen LogP contribution in [0.15, 0.2) is 29.3 Å². The van der Waals surface area contributed by atoms with Crippen LogP contribution in [0.3, 0.4) is 0 Å². The lowest BCUT2D eigenvalue weighted by atomic mass is 10.1. The summed E-state index contributed by atoms with van der Waals surface area (Å²) in [5.41, 5.74) is 3.94. The fourth-order valence-electron chi connectivity index (χ4n) is 2.67. The summed E-state index contributed by atoms with van der Waals surface area (Å²) in [6.45, 7) is 2.99. The standard InChI is InChI=1S/C16H22N4/c1-11-13-6-4-5-7-14(13)20(3)15(11)10-18-16(17-2)19-12-8-9-12/h4-7,12H,8-10H2,1-3H3,(H2,17,18,19). The van der Waals surface area contributed by atoms with Gasteiger partial charge in [-0.1, -0.05) is 18.2 Å². The third kappa shape index (κ3) is 2.38. The average molecular weight is 270 g/mol. The van der Waals surface area contributed by atoms with Gasteiger partial charge in [0.25, 0.3) is 0 Å². The molecule has 0 atom stereocenters. The molecule has 2 aromatic rings. The molecule has 0 amide bonds. The fourth-order valence-corrected chi connectivity index (χ4v) is 2.67. The van der Waals surface area contributed by atoms with Crippen molar-refractivity contribution in [2.45, 2.75) is 32.4 Å². The smallest absolute Gasteiger partial charge is 0.191 e. The van der Waals surface area contributed by atoms with E-state index in [4.69, 9.17) is 0 Å². The largest absolute Gasteiger partial charge is 0.354 e. The molecule has 106 valence electrons. The summed E-state index contributed by atoms with van der Waals surface area (Å²) in [6.07, 6.45) is 2.52. The molecule has 0 saturated heterocycles. The molecule has 1 aromatic heterocycles. The van der Waals surface area contributed by atoms with Crippen molar-refractivity contribution in [2.75, 3.05) is 7.05 Å². The first-order valence-corrected chi connectivity index (χ1v) is 7.20. The lowest BCUT2D eigenvalue weighted by Gasteiger charge is -2.12. The van der Waals surface area contributed by atoms with Crippen LogP contribution in [0.25, 0.3) is 10.9 Å². The van der Waals surface area contributed by atoms with Crippen molar-refractivity contribution < 1.29 is 0 Å². The Hall–Kier alpha value is -1.97. The van der Waals surface area contributed by atoms with Crippen LogP contribution in [0.1, 0.15) is 24.1 Å². The number of guanidine groups is 1. The van der Waals surface area contributed by atoms with Crippen LogP contribution >= 0.6 is 0 Å². The van der Waals surface area contributed by atoms with Gasteiger partial charge in [-0.2, -0.15) is 0 Å². The average Bonchev–Trinajstić information content (AvgIpc) is 3.25. The Morgan fingerprint density at radius 3 is 2.75 bits per heavy atom. The Bertz CT molecular complexity index is 611. The lowest BCUT2D eigenvalue weighted by Crippen LogP contribution is -2.38. The molecular formula is C16H22N4. The number of fused-ring (bicyclic) bond motifs is 1. The van der Waals surface area contributed by atoms with Crippen LogP contribution in [-0.4, -0.2) is 23.6 Å². The van der Waals surface area contributed by atoms with E-state index in [9.17, 15) is 0 Å². The molecule has 1 saturated carbocycles. The van der Waals surface area contributed by atoms with Gasteiger partial charge in [0.1, 0.15) is 0 Å². The van der Waals surface area contributed by atoms with E-state index >= 15 is 0 Å². The maximum Gasteiger partial charge on any atom is 0.191 e. The Morgan fingerprint density at radius 2 is 2.10 bits per heavy atom. The first kappa shape index (κ1) is 13.0. The third-order valence-corrected chi connectivity index (χ3v) is 4.07. The third-order valence-electron chi connectivity index (χ3n) is 4.07. The molecule has 0 spiro atoms. The molecule has 0 unspecified atom stereocenters. The quantitative estimate of drug-likeness (QED) is 0.664. The van der Waals surface area contributed by atoms with Crippen LogP contribution in [0.2, 0.25) is 0 Å². The second-order valence-corrected chi connectivity index (χ2v) is 5.49. The molecule has 4 nitrogen and oxygen atoms in total. The van der Waals surface area contributed by atoms with Crippen LogP contribution in [0, 0.1) is 6.92 Å². The summed E-state index contributed by atoms with van der Waals surface area (Å²) in [5.74, 6) is 0.900. The van der Waals surface area contributed by atoms with Crippen molar-refractivity contribution in [1.82, 2.24) is 15.2 Å². The van der Waals surface area contributed by atoms with Crippen LogP contribution in [-0.2, 0) is 13.6 Å². The van der Waals surface area contributed by atoms with Gasteiger partial charge >= 0.3 is 0 Å². The Balaban J connectivity index is 1.80. The molecule has 1 aliphatic carbocycles. The van der Waals surface area contributed by atoms with E-state index in [-0.39, 0.29) is 0 Å². The zero-order valence-electron chi connectivity index (χ0n) is 12.4. The van der Waals surface area contributed by atoms with Gasteiger partial charge in [-0.25, -0.2) is 0 Å². The van der Waals surface area contributed by atoms with Crippen molar-refractivity contribution in [3.8, 4) is 0 Å². The summed E-state index contributed by atoms with van der Waals surface area (Å²) in [4.78, 5) is 4.28. The summed E-state index contributed by atoms with van der Waals surface area (Å²) in [6, 6.07) is 9.16. The van der Waals surface area contributed by atoms with Crippen molar-refractivity contribution in [2.24, 2.45) is 12.0 Å². The Morgan fingerprint density at radius 1 is 1.35 bits per heavy atom. The highest BCUT2D eigenvalue weighted by atomic mass is 15.2. The minimum absolute atomic E-state index is 0.620. The van der Waals surface area contributed by atoms with Gasteiger partial charge in [-0.15, -0.1) is 0 Å². The van der Waals surface area contributed by atoms with Crippen molar-refractivity contribution in [1.29, 1.82) is 0 Å². The van der Waals surface area contributed by atoms with E-state index in [1.807, 2.05) is 7.05 Å². The number of aromatic nitrogens is 1. The molecule has 20 heavy (non-hydrogen) atoms. The first-order chi connectivity index (χ1) is 9.70. The van der Waals surface area contributed by atoms with E-state index in [0.29, 0.717) is 6.04 Å². The number of hydrogen-bond donors (Lipinski definition) is 2. The van der Waals surface area contributed by atoms with Gasteiger partial charge in [-0.3, -0.25) is 4.99 Å². The number of benzene rings is 1. The number of hydrogen-bond acceptors (Lipinski definition) is 1. The summed E-state index contributed by atoms with van der Waals surface area (Å²) in [5, 5.41) is 8.16. The molecule has 4 heteroatoms. The van der Waals surface area contributed by atoms with Gasteiger partial charge in [0.2, 0.25) is 0 Å². The van der Waals surface area contributed by atoms with Gasteiger partial charge < -0.3 is 15.2 Å². The Labute approximate surface area is 119 Å². The first-order valence-electron chi connectivity index (χ1n) is 7.20. The monoisotopic (exact) mass is 270 g/mol. The van der Waals surface area contributed by atoms with Gasteiger partial charge in [0.15, 0.2) is 5.96 Å². The normalized spacial score (nSPS) is 15.7. The minimum Gasteiger partial charge on any atom is -0.354 e. The summed E-state index contributed by atoms with van der Waals surface area (Å²) >= 11 is 0. The van der Waals surface area contributed by atoms with E-state index in [1.54, 1.807) is 0 Å². The molecule has 3 rings (SSSR count). The molecule has 0 aliphatic heterocycles. The van der Waals surface area contributed by atoms with E-state index in [0.717, 1.165) is 12.5 Å². The summed E-state index contributed by atoms with van der Waals surface area (Å²) < 4.78 is 2.27. The molecule has 1 heterocycles. The highest BCUT2D eigenvalue weighted by Crippen LogP contribution is 2.24. The molecule has 1 aliphatic rings. The maximum atomic E-state index is 4.28. The zero-order valence-corrected chi connectivity index (χ0v) is 12.4. The second-order valence-electron chi connectivity index (χ2n) is 5.49. The summed E-state index contributed by atoms with van der Waals surface area (Å²) in [7, 11) is 3.95. The predicted octanol–water partition coefficient (Wildman–Crippen LogP) is 2.31. The minimum atomic E-state index is 0.620. The predicted molar refractivity (Wildman–Crippen MR) is 84.0 cm³/mol. The number of nitrogens with one attached hydrogen (secondary N) is 2. The Kier molecular flexibility index (Phi) is 3.38. The van der Waals surface area contributed by atoms with Gasteiger partial charge in [-0.05, 0) is 31.4 Å². The lowest BCUT2D eigenvalue weighted by molar-refractivity contribution is 0.753. The molecular weight excluding hydrogens is 248 g/mol. The number of rotatable bonds is 3. The molecule has 2 N–H and O–H groups in total. The SMILES string of the molecule is CN=C(NCc1c(C)c2ccccc2n1C)NC1CC1. The highest BCUT2D eigenvalue weighted by molar-refractivity contribution is 5.85. The highest BCUT2D eigenvalue weighted by Gasteiger charge is 2.22. The topological polar surface area (TPSA) is 41.4 Å². The van der Waals surface area contributed by atoms with Gasteiger partial charge in [0, 0.05) is 36.7 Å². The molecule has 1 aromatic carbocycles. The number of para-hydroxylation sites is 1. The van der Waals surface area contributed by atoms with Crippen LogP contribution in [0.4, 0.5) is 0 Å². The zero-order chi connectivity index (χ0) is 14.1. The van der Waals surface area contributed by atoms with Gasteiger partial charge in [0.05, 0.1) is 6.54 Å². The van der Waals surface area contributed by atoms with Crippen molar-refractivity contribution in [3.05, 3.63) is 35.5 Å². The molecule has 0 bridgehead atoms. The van der Waals surface area contributed by atoms with Crippen molar-refractivity contribution in [3.63, 3.8) is 0 Å². The molecule has 0 radical (unpaired) electrons. The molecule has 1 fully saturated rings. The number of aliphatic imine (C=N–C) groups is 1. The fraction of sp³-hybridized carbons (Fsp3) is 0.438.